The van der Waals surface area contributed by atoms with Gasteiger partial charge in [0.1, 0.15) is 11.6 Å². The molecule has 0 aliphatic heterocycles. The van der Waals surface area contributed by atoms with Crippen LogP contribution in [-0.2, 0) is 0 Å². The minimum Gasteiger partial charge on any atom is -0.495 e. The van der Waals surface area contributed by atoms with Crippen LogP contribution in [0.15, 0.2) is 24.3 Å². The van der Waals surface area contributed by atoms with Crippen LogP contribution in [0.25, 0.3) is 0 Å². The number of methoxy groups -OCH3 is 1. The van der Waals surface area contributed by atoms with Gasteiger partial charge in [0.2, 0.25) is 5.95 Å². The molecular weight excluding hydrogens is 328 g/mol. The van der Waals surface area contributed by atoms with E-state index < -0.39 is 0 Å². The van der Waals surface area contributed by atoms with Crippen molar-refractivity contribution in [3.63, 3.8) is 0 Å². The van der Waals surface area contributed by atoms with Gasteiger partial charge in [-0.1, -0.05) is 11.6 Å². The fourth-order valence-corrected chi connectivity index (χ4v) is 2.56. The Morgan fingerprint density at radius 1 is 1.29 bits per heavy atom. The van der Waals surface area contributed by atoms with Gasteiger partial charge in [-0.05, 0) is 37.5 Å². The number of aromatic nitrogens is 2. The second kappa shape index (κ2) is 7.68. The van der Waals surface area contributed by atoms with E-state index in [0.29, 0.717) is 41.4 Å². The van der Waals surface area contributed by atoms with Gasteiger partial charge in [-0.2, -0.15) is 4.98 Å². The number of nitrogens with zero attached hydrogens (tertiary/aromatic N) is 2. The number of hydrogen-bond acceptors (Lipinski definition) is 6. The fraction of sp³-hybridized carbons (Fsp3) is 0.412. The molecule has 0 spiro atoms. The van der Waals surface area contributed by atoms with E-state index in [-0.39, 0.29) is 6.61 Å². The molecule has 0 saturated heterocycles. The van der Waals surface area contributed by atoms with Crippen molar-refractivity contribution in [2.75, 3.05) is 30.9 Å². The third kappa shape index (κ3) is 4.27. The van der Waals surface area contributed by atoms with Crippen molar-refractivity contribution in [3.8, 4) is 5.75 Å². The first-order valence-electron chi connectivity index (χ1n) is 8.04. The maximum Gasteiger partial charge on any atom is 0.224 e. The van der Waals surface area contributed by atoms with Crippen molar-refractivity contribution >= 4 is 29.1 Å². The van der Waals surface area contributed by atoms with Crippen molar-refractivity contribution in [3.05, 3.63) is 35.0 Å². The maximum absolute atomic E-state index is 8.91. The molecule has 0 atom stereocenters. The van der Waals surface area contributed by atoms with Gasteiger partial charge in [0.05, 0.1) is 18.5 Å². The number of hydrogen-bond donors (Lipinski definition) is 3. The lowest BCUT2D eigenvalue weighted by atomic mass is 10.2. The highest BCUT2D eigenvalue weighted by molar-refractivity contribution is 6.31. The molecule has 1 aromatic carbocycles. The molecule has 0 amide bonds. The average molecular weight is 349 g/mol. The first-order valence-corrected chi connectivity index (χ1v) is 8.41. The average Bonchev–Trinajstić information content (AvgIpc) is 3.40. The standard InChI is InChI=1S/C17H21ClN4O2/c1-24-15-6-5-12(18)9-14(15)20-16-10-13(11-3-4-11)21-17(22-16)19-7-2-8-23/h5-6,9-11,23H,2-4,7-8H2,1H3,(H2,19,20,21,22). The smallest absolute Gasteiger partial charge is 0.224 e. The van der Waals surface area contributed by atoms with Crippen LogP contribution in [-0.4, -0.2) is 35.3 Å². The van der Waals surface area contributed by atoms with Gasteiger partial charge in [-0.15, -0.1) is 0 Å². The number of aliphatic hydroxyl groups is 1. The summed E-state index contributed by atoms with van der Waals surface area (Å²) in [5, 5.41) is 16.0. The SMILES string of the molecule is COc1ccc(Cl)cc1Nc1cc(C2CC2)nc(NCCCO)n1. The van der Waals surface area contributed by atoms with Gasteiger partial charge in [-0.3, -0.25) is 0 Å². The molecule has 1 aliphatic rings. The largest absolute Gasteiger partial charge is 0.495 e. The summed E-state index contributed by atoms with van der Waals surface area (Å²) < 4.78 is 5.36. The molecule has 6 nitrogen and oxygen atoms in total. The topological polar surface area (TPSA) is 79.3 Å². The zero-order valence-electron chi connectivity index (χ0n) is 13.6. The van der Waals surface area contributed by atoms with E-state index in [1.807, 2.05) is 12.1 Å². The highest BCUT2D eigenvalue weighted by Crippen LogP contribution is 2.40. The zero-order chi connectivity index (χ0) is 16.9. The van der Waals surface area contributed by atoms with Crippen LogP contribution in [0.4, 0.5) is 17.5 Å². The summed E-state index contributed by atoms with van der Waals surface area (Å²) in [5.41, 5.74) is 1.78. The van der Waals surface area contributed by atoms with Crippen molar-refractivity contribution < 1.29 is 9.84 Å². The molecule has 1 heterocycles. The Morgan fingerprint density at radius 2 is 2.12 bits per heavy atom. The number of ether oxygens (including phenoxy) is 1. The molecule has 128 valence electrons. The minimum absolute atomic E-state index is 0.139. The molecule has 1 aliphatic carbocycles. The fourth-order valence-electron chi connectivity index (χ4n) is 2.39. The third-order valence-corrected chi connectivity index (χ3v) is 4.02. The van der Waals surface area contributed by atoms with Crippen molar-refractivity contribution in [1.82, 2.24) is 9.97 Å². The van der Waals surface area contributed by atoms with Crippen molar-refractivity contribution in [1.29, 1.82) is 0 Å². The first kappa shape index (κ1) is 16.8. The minimum atomic E-state index is 0.139. The molecule has 0 bridgehead atoms. The number of benzene rings is 1. The van der Waals surface area contributed by atoms with Crippen LogP contribution in [0, 0.1) is 0 Å². The lowest BCUT2D eigenvalue weighted by Crippen LogP contribution is -2.09. The molecule has 24 heavy (non-hydrogen) atoms. The van der Waals surface area contributed by atoms with Crippen LogP contribution in [0.5, 0.6) is 5.75 Å². The summed E-state index contributed by atoms with van der Waals surface area (Å²) in [5.74, 6) is 2.46. The molecule has 3 N–H and O–H groups in total. The van der Waals surface area contributed by atoms with Gasteiger partial charge >= 0.3 is 0 Å². The van der Waals surface area contributed by atoms with Crippen LogP contribution in [0.3, 0.4) is 0 Å². The Hall–Kier alpha value is -2.05. The van der Waals surface area contributed by atoms with Crippen LogP contribution < -0.4 is 15.4 Å². The van der Waals surface area contributed by atoms with E-state index in [9.17, 15) is 0 Å². The summed E-state index contributed by atoms with van der Waals surface area (Å²) >= 11 is 6.08. The van der Waals surface area contributed by atoms with Crippen LogP contribution in [0.1, 0.15) is 30.9 Å². The Kier molecular flexibility index (Phi) is 5.37. The number of rotatable bonds is 8. The summed E-state index contributed by atoms with van der Waals surface area (Å²) in [6.45, 7) is 0.769. The highest BCUT2D eigenvalue weighted by atomic mass is 35.5. The Bertz CT molecular complexity index is 707. The molecule has 0 unspecified atom stereocenters. The summed E-state index contributed by atoms with van der Waals surface area (Å²) in [6.07, 6.45) is 2.97. The predicted octanol–water partition coefficient (Wildman–Crippen LogP) is 3.55. The predicted molar refractivity (Wildman–Crippen MR) is 95.5 cm³/mol. The maximum atomic E-state index is 8.91. The van der Waals surface area contributed by atoms with E-state index in [1.54, 1.807) is 19.2 Å². The molecule has 2 aromatic rings. The normalized spacial score (nSPS) is 13.6. The first-order chi connectivity index (χ1) is 11.7. The molecular formula is C17H21ClN4O2. The number of nitrogens with one attached hydrogen (secondary N) is 2. The van der Waals surface area contributed by atoms with Gasteiger partial charge in [0, 0.05) is 30.2 Å². The molecule has 1 fully saturated rings. The summed E-state index contributed by atoms with van der Waals surface area (Å²) in [6, 6.07) is 7.37. The molecule has 1 aromatic heterocycles. The third-order valence-electron chi connectivity index (χ3n) is 3.78. The number of anilines is 3. The van der Waals surface area contributed by atoms with Crippen molar-refractivity contribution in [2.45, 2.75) is 25.2 Å². The molecule has 7 heteroatoms. The highest BCUT2D eigenvalue weighted by Gasteiger charge is 2.26. The molecule has 1 saturated carbocycles. The van der Waals surface area contributed by atoms with E-state index >= 15 is 0 Å². The number of aliphatic hydroxyl groups excluding tert-OH is 1. The Balaban J connectivity index is 1.85. The zero-order valence-corrected chi connectivity index (χ0v) is 14.3. The molecule has 0 radical (unpaired) electrons. The lowest BCUT2D eigenvalue weighted by molar-refractivity contribution is 0.292. The van der Waals surface area contributed by atoms with Crippen LogP contribution >= 0.6 is 11.6 Å². The quantitative estimate of drug-likeness (QED) is 0.633. The van der Waals surface area contributed by atoms with E-state index in [4.69, 9.17) is 21.4 Å². The Labute approximate surface area is 146 Å². The molecule has 3 rings (SSSR count). The van der Waals surface area contributed by atoms with Crippen LogP contribution in [0.2, 0.25) is 5.02 Å². The summed E-state index contributed by atoms with van der Waals surface area (Å²) in [4.78, 5) is 9.07. The van der Waals surface area contributed by atoms with E-state index in [2.05, 4.69) is 20.6 Å². The van der Waals surface area contributed by atoms with Gasteiger partial charge in [0.15, 0.2) is 0 Å². The monoisotopic (exact) mass is 348 g/mol. The van der Waals surface area contributed by atoms with E-state index in [0.717, 1.165) is 24.2 Å². The Morgan fingerprint density at radius 3 is 2.83 bits per heavy atom. The van der Waals surface area contributed by atoms with Gasteiger partial charge in [0.25, 0.3) is 0 Å². The number of halogens is 1. The summed E-state index contributed by atoms with van der Waals surface area (Å²) in [7, 11) is 1.62. The van der Waals surface area contributed by atoms with Crippen molar-refractivity contribution in [2.24, 2.45) is 0 Å². The van der Waals surface area contributed by atoms with E-state index in [1.165, 1.54) is 0 Å². The van der Waals surface area contributed by atoms with Gasteiger partial charge < -0.3 is 20.5 Å². The second-order valence-electron chi connectivity index (χ2n) is 5.75. The second-order valence-corrected chi connectivity index (χ2v) is 6.19. The van der Waals surface area contributed by atoms with Gasteiger partial charge in [-0.25, -0.2) is 4.98 Å². The lowest BCUT2D eigenvalue weighted by Gasteiger charge is -2.13.